The van der Waals surface area contributed by atoms with Crippen LogP contribution < -0.4 is 4.89 Å². The minimum Gasteiger partial charge on any atom is -0.756 e. The van der Waals surface area contributed by atoms with E-state index in [1.54, 1.807) is 0 Å². The summed E-state index contributed by atoms with van der Waals surface area (Å²) in [6.07, 6.45) is 68.8. The standard InChI is InChI=1S/C52H82NO7P/c1-5-6-7-8-9-10-11-12-13-14-15-16-17-18-19-20-21-22-23-24-25-26-27-28-29-30-31-32-33-34-35-36-37-38-39-40-41-42-43-44-45-46-52(55)58-49-51(54)50-60-61(56,57)59-48-47-53(2,3)4/h6-7,9-10,12-13,15-16,18-19,21-22,24-25,27-28,30-31,33-34,36-37,39-40,51,54H,5,8,11,14,17,20,23,26,29,32,35,38,41-50H2,1-4H3/b7-6-,10-9-,13-12-,16-15-,19-18-,22-21-,25-24-,28-27-,31-30-,34-33-,37-36-,40-39-. The summed E-state index contributed by atoms with van der Waals surface area (Å²) in [5, 5.41) is 9.88. The van der Waals surface area contributed by atoms with E-state index in [0.29, 0.717) is 17.4 Å². The second-order valence-corrected chi connectivity index (χ2v) is 16.9. The monoisotopic (exact) mass is 864 g/mol. The van der Waals surface area contributed by atoms with Crippen LogP contribution in [0.15, 0.2) is 146 Å². The number of carbonyl (C=O) groups is 1. The van der Waals surface area contributed by atoms with Crippen LogP contribution >= 0.6 is 7.82 Å². The van der Waals surface area contributed by atoms with Gasteiger partial charge in [-0.25, -0.2) is 0 Å². The Morgan fingerprint density at radius 3 is 1.23 bits per heavy atom. The predicted octanol–water partition coefficient (Wildman–Crippen LogP) is 12.8. The second-order valence-electron chi connectivity index (χ2n) is 15.5. The molecule has 0 aromatic rings. The molecule has 0 saturated carbocycles. The van der Waals surface area contributed by atoms with Gasteiger partial charge in [0.15, 0.2) is 0 Å². The van der Waals surface area contributed by atoms with Crippen LogP contribution in [-0.2, 0) is 23.1 Å². The van der Waals surface area contributed by atoms with Crippen LogP contribution in [0.4, 0.5) is 0 Å². The van der Waals surface area contributed by atoms with E-state index in [9.17, 15) is 19.4 Å². The average Bonchev–Trinajstić information content (AvgIpc) is 3.22. The third-order valence-corrected chi connectivity index (χ3v) is 9.57. The molecule has 1 N–H and O–H groups in total. The predicted molar refractivity (Wildman–Crippen MR) is 258 cm³/mol. The van der Waals surface area contributed by atoms with Gasteiger partial charge in [-0.2, -0.15) is 0 Å². The fourth-order valence-corrected chi connectivity index (χ4v) is 5.84. The Balaban J connectivity index is 3.68. The van der Waals surface area contributed by atoms with Gasteiger partial charge in [0, 0.05) is 6.42 Å². The number of ether oxygens (including phenoxy) is 1. The zero-order valence-electron chi connectivity index (χ0n) is 38.3. The number of hydrogen-bond acceptors (Lipinski definition) is 7. The van der Waals surface area contributed by atoms with E-state index in [-0.39, 0.29) is 19.6 Å². The number of aliphatic hydroxyl groups is 1. The van der Waals surface area contributed by atoms with E-state index in [1.165, 1.54) is 0 Å². The summed E-state index contributed by atoms with van der Waals surface area (Å²) < 4.78 is 26.8. The van der Waals surface area contributed by atoms with E-state index in [0.717, 1.165) is 103 Å². The SMILES string of the molecule is CC/C=C\C/C=C\C/C=C\C/C=C\C/C=C\C/C=C\C/C=C\C/C=C\C/C=C\C/C=C\C/C=C\C/C=C\CCCCCCC(=O)OCC(O)COP(=O)([O-])OCC[N+](C)(C)C. The van der Waals surface area contributed by atoms with Gasteiger partial charge < -0.3 is 28.3 Å². The molecule has 2 unspecified atom stereocenters. The Hall–Kier alpha value is -3.62. The van der Waals surface area contributed by atoms with E-state index >= 15 is 0 Å². The van der Waals surface area contributed by atoms with Crippen LogP contribution in [0.3, 0.4) is 0 Å². The van der Waals surface area contributed by atoms with Gasteiger partial charge in [-0.3, -0.25) is 9.36 Å². The maximum atomic E-state index is 11.9. The van der Waals surface area contributed by atoms with Crippen LogP contribution in [0, 0.1) is 0 Å². The molecule has 0 bridgehead atoms. The number of allylic oxidation sites excluding steroid dienone is 24. The van der Waals surface area contributed by atoms with Gasteiger partial charge in [0.2, 0.25) is 0 Å². The fourth-order valence-electron chi connectivity index (χ4n) is 5.10. The number of nitrogens with zero attached hydrogens (tertiary/aromatic N) is 1. The number of unbranched alkanes of at least 4 members (excludes halogenated alkanes) is 4. The largest absolute Gasteiger partial charge is 0.756 e. The first-order chi connectivity index (χ1) is 29.6. The molecule has 0 aliphatic rings. The number of aliphatic hydroxyl groups excluding tert-OH is 1. The maximum Gasteiger partial charge on any atom is 0.305 e. The summed E-state index contributed by atoms with van der Waals surface area (Å²) in [5.74, 6) is -0.419. The lowest BCUT2D eigenvalue weighted by Gasteiger charge is -2.27. The van der Waals surface area contributed by atoms with Crippen molar-refractivity contribution in [1.82, 2.24) is 0 Å². The number of esters is 1. The van der Waals surface area contributed by atoms with E-state index in [4.69, 9.17) is 9.26 Å². The molecule has 61 heavy (non-hydrogen) atoms. The van der Waals surface area contributed by atoms with E-state index in [2.05, 4.69) is 157 Å². The Kier molecular flexibility index (Phi) is 40.5. The summed E-state index contributed by atoms with van der Waals surface area (Å²) in [6, 6.07) is 0. The van der Waals surface area contributed by atoms with E-state index < -0.39 is 26.5 Å². The molecular formula is C52H82NO7P. The molecule has 0 fully saturated rings. The van der Waals surface area contributed by atoms with Gasteiger partial charge in [0.25, 0.3) is 7.82 Å². The molecule has 0 aromatic carbocycles. The molecule has 2 atom stereocenters. The number of quaternary nitrogens is 1. The van der Waals surface area contributed by atoms with Crippen molar-refractivity contribution < 1.29 is 37.6 Å². The lowest BCUT2D eigenvalue weighted by Crippen LogP contribution is -2.37. The van der Waals surface area contributed by atoms with Crippen molar-refractivity contribution in [2.45, 2.75) is 129 Å². The summed E-state index contributed by atoms with van der Waals surface area (Å²) >= 11 is 0. The Morgan fingerprint density at radius 1 is 0.525 bits per heavy atom. The molecule has 9 heteroatoms. The van der Waals surface area contributed by atoms with Gasteiger partial charge >= 0.3 is 5.97 Å². The number of rotatable bonds is 39. The van der Waals surface area contributed by atoms with Crippen LogP contribution in [0.1, 0.15) is 122 Å². The molecule has 0 rings (SSSR count). The number of hydrogen-bond donors (Lipinski definition) is 1. The first kappa shape index (κ1) is 57.4. The van der Waals surface area contributed by atoms with Gasteiger partial charge in [-0.05, 0) is 96.3 Å². The molecule has 8 nitrogen and oxygen atoms in total. The van der Waals surface area contributed by atoms with Gasteiger partial charge in [0.05, 0.1) is 27.7 Å². The third kappa shape index (κ3) is 48.9. The molecule has 0 radical (unpaired) electrons. The molecule has 0 heterocycles. The van der Waals surface area contributed by atoms with Crippen molar-refractivity contribution >= 4 is 13.8 Å². The highest BCUT2D eigenvalue weighted by molar-refractivity contribution is 7.45. The van der Waals surface area contributed by atoms with Crippen molar-refractivity contribution in [3.63, 3.8) is 0 Å². The van der Waals surface area contributed by atoms with Gasteiger partial charge in [0.1, 0.15) is 25.9 Å². The highest BCUT2D eigenvalue weighted by atomic mass is 31.2. The molecule has 0 saturated heterocycles. The molecular weight excluding hydrogens is 782 g/mol. The molecule has 342 valence electrons. The lowest BCUT2D eigenvalue weighted by molar-refractivity contribution is -0.870. The highest BCUT2D eigenvalue weighted by Crippen LogP contribution is 2.38. The van der Waals surface area contributed by atoms with Crippen molar-refractivity contribution in [3.8, 4) is 0 Å². The van der Waals surface area contributed by atoms with Crippen LogP contribution in [0.25, 0.3) is 0 Å². The quantitative estimate of drug-likeness (QED) is 0.0216. The smallest absolute Gasteiger partial charge is 0.305 e. The van der Waals surface area contributed by atoms with Crippen molar-refractivity contribution in [2.24, 2.45) is 0 Å². The molecule has 0 aliphatic carbocycles. The number of phosphoric acid groups is 1. The van der Waals surface area contributed by atoms with Crippen molar-refractivity contribution in [1.29, 1.82) is 0 Å². The first-order valence-electron chi connectivity index (χ1n) is 22.6. The minimum atomic E-state index is -4.52. The van der Waals surface area contributed by atoms with Crippen LogP contribution in [0.2, 0.25) is 0 Å². The summed E-state index contributed by atoms with van der Waals surface area (Å²) in [7, 11) is 1.21. The van der Waals surface area contributed by atoms with Gasteiger partial charge in [-0.1, -0.05) is 166 Å². The Labute approximate surface area is 372 Å². The minimum absolute atomic E-state index is 0.0204. The summed E-state index contributed by atoms with van der Waals surface area (Å²) in [6.45, 7) is 1.77. The molecule has 0 spiro atoms. The van der Waals surface area contributed by atoms with Gasteiger partial charge in [-0.15, -0.1) is 0 Å². The van der Waals surface area contributed by atoms with Crippen molar-refractivity contribution in [2.75, 3.05) is 47.5 Å². The van der Waals surface area contributed by atoms with Crippen LogP contribution in [0.5, 0.6) is 0 Å². The van der Waals surface area contributed by atoms with Crippen molar-refractivity contribution in [3.05, 3.63) is 146 Å². The first-order valence-corrected chi connectivity index (χ1v) is 24.1. The Bertz CT molecular complexity index is 1470. The number of carbonyl (C=O) groups excluding carboxylic acids is 1. The van der Waals surface area contributed by atoms with Crippen LogP contribution in [-0.4, -0.2) is 69.2 Å². The lowest BCUT2D eigenvalue weighted by atomic mass is 10.1. The molecule has 0 aromatic heterocycles. The molecule has 0 aliphatic heterocycles. The fraction of sp³-hybridized carbons (Fsp3) is 0.519. The Morgan fingerprint density at radius 2 is 0.869 bits per heavy atom. The zero-order valence-corrected chi connectivity index (χ0v) is 39.2. The number of likely N-dealkylation sites (N-methyl/N-ethyl adjacent to an activating group) is 1. The third-order valence-electron chi connectivity index (χ3n) is 8.60. The highest BCUT2D eigenvalue weighted by Gasteiger charge is 2.16. The second kappa shape index (κ2) is 43.0. The summed E-state index contributed by atoms with van der Waals surface area (Å²) in [5.41, 5.74) is 0. The summed E-state index contributed by atoms with van der Waals surface area (Å²) in [4.78, 5) is 23.7. The normalized spacial score (nSPS) is 15.0. The average molecular weight is 864 g/mol. The molecule has 0 amide bonds. The zero-order chi connectivity index (χ0) is 44.8. The topological polar surface area (TPSA) is 105 Å². The number of phosphoric ester groups is 1. The van der Waals surface area contributed by atoms with E-state index in [1.807, 2.05) is 21.1 Å². The maximum absolute atomic E-state index is 11.9.